The van der Waals surface area contributed by atoms with E-state index in [0.29, 0.717) is 0 Å². The number of rotatable bonds is 5. The maximum Gasteiger partial charge on any atom is 0.0424 e. The molecule has 1 fully saturated rings. The lowest BCUT2D eigenvalue weighted by Gasteiger charge is -2.27. The summed E-state index contributed by atoms with van der Waals surface area (Å²) in [5.41, 5.74) is 8.96. The van der Waals surface area contributed by atoms with E-state index in [1.54, 1.807) is 0 Å². The summed E-state index contributed by atoms with van der Waals surface area (Å²) in [7, 11) is 2.22. The van der Waals surface area contributed by atoms with Crippen LogP contribution in [0.15, 0.2) is 24.3 Å². The smallest absolute Gasteiger partial charge is 0.0424 e. The molecule has 1 saturated carbocycles. The molecule has 0 heterocycles. The number of benzene rings is 1. The van der Waals surface area contributed by atoms with Gasteiger partial charge in [0.1, 0.15) is 0 Å². The highest BCUT2D eigenvalue weighted by atomic mass is 15.1. The third kappa shape index (κ3) is 3.33. The quantitative estimate of drug-likeness (QED) is 0.865. The Labute approximate surface area is 111 Å². The van der Waals surface area contributed by atoms with E-state index < -0.39 is 0 Å². The van der Waals surface area contributed by atoms with Crippen LogP contribution in [0.5, 0.6) is 0 Å². The first-order chi connectivity index (χ1) is 8.70. The highest BCUT2D eigenvalue weighted by Crippen LogP contribution is 2.24. The summed E-state index contributed by atoms with van der Waals surface area (Å²) in [6.45, 7) is 3.15. The summed E-state index contributed by atoms with van der Waals surface area (Å²) in [6.07, 6.45) is 6.55. The number of nitrogens with zero attached hydrogens (tertiary/aromatic N) is 1. The third-order valence-electron chi connectivity index (χ3n) is 4.25. The lowest BCUT2D eigenvalue weighted by atomic mass is 10.0. The van der Waals surface area contributed by atoms with Gasteiger partial charge in [-0.25, -0.2) is 0 Å². The molecule has 0 aromatic heterocycles. The molecule has 1 aromatic carbocycles. The fourth-order valence-electron chi connectivity index (χ4n) is 2.91. The zero-order valence-corrected chi connectivity index (χ0v) is 11.7. The molecule has 1 aliphatic rings. The minimum absolute atomic E-state index is 0.140. The van der Waals surface area contributed by atoms with Crippen molar-refractivity contribution in [2.24, 2.45) is 5.73 Å². The molecule has 0 saturated heterocycles. The van der Waals surface area contributed by atoms with Crippen LogP contribution in [0.4, 0.5) is 0 Å². The van der Waals surface area contributed by atoms with Crippen molar-refractivity contribution in [2.75, 3.05) is 13.6 Å². The molecule has 1 unspecified atom stereocenters. The van der Waals surface area contributed by atoms with Crippen LogP contribution in [-0.2, 0) is 6.42 Å². The largest absolute Gasteiger partial charge is 0.323 e. The van der Waals surface area contributed by atoms with Crippen molar-refractivity contribution >= 4 is 0 Å². The van der Waals surface area contributed by atoms with Gasteiger partial charge in [0, 0.05) is 18.6 Å². The second kappa shape index (κ2) is 6.35. The van der Waals surface area contributed by atoms with Gasteiger partial charge in [0.25, 0.3) is 0 Å². The second-order valence-corrected chi connectivity index (χ2v) is 5.58. The van der Waals surface area contributed by atoms with E-state index in [0.717, 1.165) is 19.0 Å². The number of aryl methyl sites for hydroxylation is 1. The molecule has 0 spiro atoms. The Morgan fingerprint density at radius 2 is 1.83 bits per heavy atom. The van der Waals surface area contributed by atoms with E-state index in [1.807, 2.05) is 0 Å². The van der Waals surface area contributed by atoms with Gasteiger partial charge in [0.15, 0.2) is 0 Å². The fourth-order valence-corrected chi connectivity index (χ4v) is 2.91. The molecule has 2 rings (SSSR count). The Morgan fingerprint density at radius 3 is 2.39 bits per heavy atom. The molecule has 100 valence electrons. The normalized spacial score (nSPS) is 18.4. The van der Waals surface area contributed by atoms with Gasteiger partial charge in [-0.3, -0.25) is 0 Å². The minimum Gasteiger partial charge on any atom is -0.323 e. The molecule has 0 bridgehead atoms. The average molecular weight is 246 g/mol. The Bertz CT molecular complexity index is 352. The van der Waals surface area contributed by atoms with E-state index in [9.17, 15) is 0 Å². The maximum absolute atomic E-state index is 6.31. The number of hydrogen-bond donors (Lipinski definition) is 1. The van der Waals surface area contributed by atoms with E-state index >= 15 is 0 Å². The molecule has 18 heavy (non-hydrogen) atoms. The van der Waals surface area contributed by atoms with Gasteiger partial charge in [-0.05, 0) is 37.4 Å². The van der Waals surface area contributed by atoms with Crippen LogP contribution in [0.25, 0.3) is 0 Å². The molecular weight excluding hydrogens is 220 g/mol. The van der Waals surface area contributed by atoms with Crippen molar-refractivity contribution in [1.82, 2.24) is 4.90 Å². The number of hydrogen-bond acceptors (Lipinski definition) is 2. The van der Waals surface area contributed by atoms with Crippen LogP contribution in [0.3, 0.4) is 0 Å². The molecule has 2 heteroatoms. The zero-order chi connectivity index (χ0) is 13.0. The molecule has 2 N–H and O–H groups in total. The lowest BCUT2D eigenvalue weighted by Crippen LogP contribution is -2.35. The molecule has 0 aliphatic heterocycles. The van der Waals surface area contributed by atoms with Gasteiger partial charge in [0.05, 0.1) is 0 Å². The molecule has 2 nitrogen and oxygen atoms in total. The van der Waals surface area contributed by atoms with Crippen LogP contribution in [0.1, 0.15) is 49.8 Å². The van der Waals surface area contributed by atoms with E-state index in [1.165, 1.54) is 36.8 Å². The summed E-state index contributed by atoms with van der Waals surface area (Å²) in [5, 5.41) is 0. The number of likely N-dealkylation sites (N-methyl/N-ethyl adjacent to an activating group) is 1. The van der Waals surface area contributed by atoms with Crippen molar-refractivity contribution in [3.8, 4) is 0 Å². The first kappa shape index (κ1) is 13.6. The summed E-state index contributed by atoms with van der Waals surface area (Å²) in [6, 6.07) is 9.67. The van der Waals surface area contributed by atoms with Gasteiger partial charge < -0.3 is 10.6 Å². The van der Waals surface area contributed by atoms with Crippen molar-refractivity contribution < 1.29 is 0 Å². The topological polar surface area (TPSA) is 29.3 Å². The van der Waals surface area contributed by atoms with Crippen LogP contribution < -0.4 is 5.73 Å². The predicted octanol–water partition coefficient (Wildman–Crippen LogP) is 3.12. The van der Waals surface area contributed by atoms with Gasteiger partial charge in [-0.1, -0.05) is 44.0 Å². The molecule has 0 radical (unpaired) electrons. The number of nitrogens with two attached hydrogens (primary N) is 1. The van der Waals surface area contributed by atoms with Gasteiger partial charge in [-0.15, -0.1) is 0 Å². The Hall–Kier alpha value is -0.860. The first-order valence-electron chi connectivity index (χ1n) is 7.25. The van der Waals surface area contributed by atoms with E-state index in [4.69, 9.17) is 5.73 Å². The molecular formula is C16H26N2. The van der Waals surface area contributed by atoms with E-state index in [-0.39, 0.29) is 6.04 Å². The summed E-state index contributed by atoms with van der Waals surface area (Å²) in [5.74, 6) is 0. The summed E-state index contributed by atoms with van der Waals surface area (Å²) in [4.78, 5) is 2.45. The maximum atomic E-state index is 6.31. The van der Waals surface area contributed by atoms with Gasteiger partial charge in [-0.2, -0.15) is 0 Å². The predicted molar refractivity (Wildman–Crippen MR) is 77.6 cm³/mol. The minimum atomic E-state index is 0.140. The van der Waals surface area contributed by atoms with Gasteiger partial charge in [0.2, 0.25) is 0 Å². The SMILES string of the molecule is CCc1ccc(C(N)CN(C)C2CCCC2)cc1. The summed E-state index contributed by atoms with van der Waals surface area (Å²) >= 11 is 0. The molecule has 1 aliphatic carbocycles. The summed E-state index contributed by atoms with van der Waals surface area (Å²) < 4.78 is 0. The van der Waals surface area contributed by atoms with Crippen molar-refractivity contribution in [2.45, 2.75) is 51.1 Å². The monoisotopic (exact) mass is 246 g/mol. The molecule has 0 amide bonds. The second-order valence-electron chi connectivity index (χ2n) is 5.58. The van der Waals surface area contributed by atoms with Crippen LogP contribution >= 0.6 is 0 Å². The standard InChI is InChI=1S/C16H26N2/c1-3-13-8-10-14(11-9-13)16(17)12-18(2)15-6-4-5-7-15/h8-11,15-16H,3-7,12,17H2,1-2H3. The molecule has 1 atom stereocenters. The fraction of sp³-hybridized carbons (Fsp3) is 0.625. The van der Waals surface area contributed by atoms with Crippen LogP contribution in [0, 0.1) is 0 Å². The third-order valence-corrected chi connectivity index (χ3v) is 4.25. The Kier molecular flexibility index (Phi) is 4.79. The van der Waals surface area contributed by atoms with Crippen LogP contribution in [0.2, 0.25) is 0 Å². The molecule has 1 aromatic rings. The zero-order valence-electron chi connectivity index (χ0n) is 11.7. The van der Waals surface area contributed by atoms with Crippen LogP contribution in [-0.4, -0.2) is 24.5 Å². The lowest BCUT2D eigenvalue weighted by molar-refractivity contribution is 0.231. The van der Waals surface area contributed by atoms with Gasteiger partial charge >= 0.3 is 0 Å². The first-order valence-corrected chi connectivity index (χ1v) is 7.25. The van der Waals surface area contributed by atoms with Crippen molar-refractivity contribution in [3.63, 3.8) is 0 Å². The van der Waals surface area contributed by atoms with Crippen molar-refractivity contribution in [1.29, 1.82) is 0 Å². The highest BCUT2D eigenvalue weighted by Gasteiger charge is 2.21. The Morgan fingerprint density at radius 1 is 1.22 bits per heavy atom. The average Bonchev–Trinajstić information content (AvgIpc) is 2.92. The Balaban J connectivity index is 1.91. The van der Waals surface area contributed by atoms with E-state index in [2.05, 4.69) is 43.1 Å². The van der Waals surface area contributed by atoms with Crippen molar-refractivity contribution in [3.05, 3.63) is 35.4 Å². The highest BCUT2D eigenvalue weighted by molar-refractivity contribution is 5.25.